The molecule has 15 heavy (non-hydrogen) atoms. The molecule has 2 heterocycles. The van der Waals surface area contributed by atoms with Crippen molar-refractivity contribution in [2.24, 2.45) is 10.9 Å². The first-order valence-electron chi connectivity index (χ1n) is 4.69. The summed E-state index contributed by atoms with van der Waals surface area (Å²) in [6.45, 7) is 5.05. The van der Waals surface area contributed by atoms with Crippen molar-refractivity contribution in [2.45, 2.75) is 18.1 Å². The topological polar surface area (TPSA) is 27.6 Å². The van der Waals surface area contributed by atoms with Crippen LogP contribution in [-0.4, -0.2) is 12.5 Å². The van der Waals surface area contributed by atoms with Gasteiger partial charge in [-0.15, -0.1) is 11.3 Å². The molecule has 0 radical (unpaired) electrons. The minimum Gasteiger partial charge on any atom is -0.294 e. The molecule has 6 heteroatoms. The summed E-state index contributed by atoms with van der Waals surface area (Å²) >= 11 is 9.42. The molecule has 1 aromatic heterocycles. The summed E-state index contributed by atoms with van der Waals surface area (Å²) in [6.07, 6.45) is 0. The van der Waals surface area contributed by atoms with E-state index in [9.17, 15) is 0 Å². The molecule has 1 aliphatic heterocycles. The number of halogens is 1. The number of thiophene rings is 1. The van der Waals surface area contributed by atoms with Gasteiger partial charge in [-0.05, 0) is 17.4 Å². The van der Waals surface area contributed by atoms with Gasteiger partial charge in [-0.2, -0.15) is 0 Å². The minimum atomic E-state index is 0.540. The van der Waals surface area contributed by atoms with E-state index in [-0.39, 0.29) is 0 Å². The van der Waals surface area contributed by atoms with Crippen LogP contribution in [-0.2, 0) is 0 Å². The van der Waals surface area contributed by atoms with Crippen molar-refractivity contribution in [3.63, 3.8) is 0 Å². The van der Waals surface area contributed by atoms with Crippen LogP contribution in [0.15, 0.2) is 20.6 Å². The smallest absolute Gasteiger partial charge is 0.224 e. The first-order valence-corrected chi connectivity index (χ1v) is 6.72. The van der Waals surface area contributed by atoms with Crippen LogP contribution < -0.4 is 9.14 Å². The van der Waals surface area contributed by atoms with Gasteiger partial charge in [-0.1, -0.05) is 13.8 Å². The van der Waals surface area contributed by atoms with Gasteiger partial charge in [0.2, 0.25) is 5.96 Å². The lowest BCUT2D eigenvalue weighted by molar-refractivity contribution is 0.664. The molecule has 0 fully saturated rings. The number of fused-ring (bicyclic) bond motifs is 1. The maximum Gasteiger partial charge on any atom is 0.224 e. The summed E-state index contributed by atoms with van der Waals surface area (Å²) in [6, 6.07) is 2.01. The molecule has 0 spiro atoms. The number of hydrogen-bond donors (Lipinski definition) is 1. The summed E-state index contributed by atoms with van der Waals surface area (Å²) < 4.78 is 5.90. The van der Waals surface area contributed by atoms with Gasteiger partial charge in [0.25, 0.3) is 0 Å². The van der Waals surface area contributed by atoms with Crippen LogP contribution in [0.3, 0.4) is 0 Å². The summed E-state index contributed by atoms with van der Waals surface area (Å²) in [5.41, 5.74) is 1.02. The lowest BCUT2D eigenvalue weighted by Gasteiger charge is -2.23. The van der Waals surface area contributed by atoms with Crippen molar-refractivity contribution in [3.8, 4) is 0 Å². The van der Waals surface area contributed by atoms with Gasteiger partial charge in [0.1, 0.15) is 4.21 Å². The molecule has 1 N–H and O–H groups in total. The molecular weight excluding hydrogens is 250 g/mol. The van der Waals surface area contributed by atoms with Crippen molar-refractivity contribution < 1.29 is 0 Å². The fraction of sp³-hybridized carbons (Fsp3) is 0.444. The molecule has 0 bridgehead atoms. The van der Waals surface area contributed by atoms with Gasteiger partial charge in [-0.3, -0.25) is 9.71 Å². The van der Waals surface area contributed by atoms with Gasteiger partial charge in [0.05, 0.1) is 5.69 Å². The average Bonchev–Trinajstić information content (AvgIpc) is 2.65. The predicted molar refractivity (Wildman–Crippen MR) is 68.8 cm³/mol. The molecule has 0 saturated heterocycles. The largest absolute Gasteiger partial charge is 0.294 e. The van der Waals surface area contributed by atoms with Crippen LogP contribution in [0.2, 0.25) is 0 Å². The van der Waals surface area contributed by atoms with E-state index in [0.29, 0.717) is 5.92 Å². The Balaban J connectivity index is 2.16. The van der Waals surface area contributed by atoms with Crippen molar-refractivity contribution in [3.05, 3.63) is 11.4 Å². The van der Waals surface area contributed by atoms with Crippen LogP contribution in [0, 0.1) is 5.92 Å². The van der Waals surface area contributed by atoms with Crippen molar-refractivity contribution in [1.82, 2.24) is 4.72 Å². The lowest BCUT2D eigenvalue weighted by Crippen LogP contribution is -2.35. The van der Waals surface area contributed by atoms with Gasteiger partial charge < -0.3 is 0 Å². The first kappa shape index (κ1) is 11.1. The number of anilines is 1. The van der Waals surface area contributed by atoms with Crippen LogP contribution in [0.5, 0.6) is 0 Å². The van der Waals surface area contributed by atoms with E-state index in [1.54, 1.807) is 27.7 Å². The normalized spacial score (nSPS) is 18.1. The van der Waals surface area contributed by atoms with E-state index in [4.69, 9.17) is 11.8 Å². The number of nitrogens with one attached hydrogen (secondary N) is 1. The molecule has 0 atom stereocenters. The number of rotatable bonds is 2. The second kappa shape index (κ2) is 4.63. The molecule has 0 amide bonds. The Morgan fingerprint density at radius 1 is 1.60 bits per heavy atom. The standard InChI is InChI=1S/C9H12ClN3S2/c1-6(2)5-11-9-12-15-8-7(13(9)10)3-4-14-8/h3-4,6H,5H2,1-2H3,(H,11,12). The SMILES string of the molecule is CC(C)CN=C1NSc2sccc2N1Cl. The van der Waals surface area contributed by atoms with Gasteiger partial charge in [-0.25, -0.2) is 4.42 Å². The third-order valence-electron chi connectivity index (χ3n) is 1.85. The second-order valence-corrected chi connectivity index (χ2v) is 5.97. The average molecular weight is 262 g/mol. The highest BCUT2D eigenvalue weighted by atomic mass is 35.5. The summed E-state index contributed by atoms with van der Waals surface area (Å²) in [7, 11) is 0. The monoisotopic (exact) mass is 261 g/mol. The Labute approximate surface area is 103 Å². The van der Waals surface area contributed by atoms with Gasteiger partial charge >= 0.3 is 0 Å². The molecule has 0 saturated carbocycles. The molecule has 0 unspecified atom stereocenters. The molecule has 2 rings (SSSR count). The van der Waals surface area contributed by atoms with Crippen LogP contribution in [0.1, 0.15) is 13.8 Å². The third-order valence-corrected chi connectivity index (χ3v) is 4.10. The zero-order valence-electron chi connectivity index (χ0n) is 8.53. The van der Waals surface area contributed by atoms with Gasteiger partial charge in [0.15, 0.2) is 0 Å². The zero-order chi connectivity index (χ0) is 10.8. The molecule has 0 aromatic carbocycles. The summed E-state index contributed by atoms with van der Waals surface area (Å²) in [4.78, 5) is 4.43. The molecule has 82 valence electrons. The van der Waals surface area contributed by atoms with Gasteiger partial charge in [0, 0.05) is 30.3 Å². The molecular formula is C9H12ClN3S2. The van der Waals surface area contributed by atoms with E-state index >= 15 is 0 Å². The lowest BCUT2D eigenvalue weighted by atomic mass is 10.2. The zero-order valence-corrected chi connectivity index (χ0v) is 10.9. The predicted octanol–water partition coefficient (Wildman–Crippen LogP) is 3.33. The van der Waals surface area contributed by atoms with E-state index in [1.165, 1.54) is 4.21 Å². The highest BCUT2D eigenvalue weighted by Gasteiger charge is 2.22. The third kappa shape index (κ3) is 2.41. The molecule has 1 aromatic rings. The Morgan fingerprint density at radius 3 is 3.13 bits per heavy atom. The maximum absolute atomic E-state index is 6.17. The van der Waals surface area contributed by atoms with E-state index in [2.05, 4.69) is 23.6 Å². The molecule has 1 aliphatic rings. The van der Waals surface area contributed by atoms with Crippen LogP contribution in [0.4, 0.5) is 5.69 Å². The summed E-state index contributed by atoms with van der Waals surface area (Å²) in [5.74, 6) is 1.26. The van der Waals surface area contributed by atoms with E-state index < -0.39 is 0 Å². The van der Waals surface area contributed by atoms with E-state index in [0.717, 1.165) is 18.2 Å². The number of aliphatic imine (C=N–C) groups is 1. The minimum absolute atomic E-state index is 0.540. The Bertz CT molecular complexity index is 375. The summed E-state index contributed by atoms with van der Waals surface area (Å²) in [5, 5.41) is 2.03. The number of guanidine groups is 1. The fourth-order valence-corrected chi connectivity index (χ4v) is 3.20. The highest BCUT2D eigenvalue weighted by Crippen LogP contribution is 2.38. The fourth-order valence-electron chi connectivity index (χ4n) is 1.12. The molecule has 3 nitrogen and oxygen atoms in total. The van der Waals surface area contributed by atoms with Crippen molar-refractivity contribution >= 4 is 46.7 Å². The second-order valence-electron chi connectivity index (χ2n) is 3.64. The quantitative estimate of drug-likeness (QED) is 0.654. The molecule has 0 aliphatic carbocycles. The number of hydrogen-bond acceptors (Lipinski definition) is 3. The van der Waals surface area contributed by atoms with Crippen LogP contribution in [0.25, 0.3) is 0 Å². The van der Waals surface area contributed by atoms with Crippen LogP contribution >= 0.6 is 35.1 Å². The van der Waals surface area contributed by atoms with Crippen molar-refractivity contribution in [2.75, 3.05) is 11.0 Å². The highest BCUT2D eigenvalue weighted by molar-refractivity contribution is 8.00. The Morgan fingerprint density at radius 2 is 2.40 bits per heavy atom. The maximum atomic E-state index is 6.17. The van der Waals surface area contributed by atoms with Crippen molar-refractivity contribution in [1.29, 1.82) is 0 Å². The Hall–Kier alpha value is -0.390. The Kier molecular flexibility index (Phi) is 3.43. The first-order chi connectivity index (χ1) is 7.18. The van der Waals surface area contributed by atoms with E-state index in [1.807, 2.05) is 11.4 Å². The number of nitrogens with zero attached hydrogens (tertiary/aromatic N) is 2.